The first-order valence-corrected chi connectivity index (χ1v) is 5.70. The molecular formula is C13H16FNO3. The van der Waals surface area contributed by atoms with Crippen molar-refractivity contribution in [2.24, 2.45) is 0 Å². The Balaban J connectivity index is 2.21. The van der Waals surface area contributed by atoms with Crippen LogP contribution in [0.3, 0.4) is 0 Å². The van der Waals surface area contributed by atoms with E-state index in [1.807, 2.05) is 0 Å². The second kappa shape index (κ2) is 7.42. The van der Waals surface area contributed by atoms with E-state index in [0.29, 0.717) is 13.0 Å². The van der Waals surface area contributed by atoms with Gasteiger partial charge < -0.3 is 10.1 Å². The molecule has 0 unspecified atom stereocenters. The van der Waals surface area contributed by atoms with Crippen LogP contribution in [-0.2, 0) is 20.7 Å². The molecule has 0 aliphatic heterocycles. The molecule has 0 heterocycles. The van der Waals surface area contributed by atoms with Gasteiger partial charge in [0, 0.05) is 13.0 Å². The molecule has 0 fully saturated rings. The number of benzene rings is 1. The molecule has 0 spiro atoms. The van der Waals surface area contributed by atoms with Gasteiger partial charge in [0.15, 0.2) is 0 Å². The Labute approximate surface area is 105 Å². The second-order valence-electron chi connectivity index (χ2n) is 3.81. The van der Waals surface area contributed by atoms with Gasteiger partial charge >= 0.3 is 5.97 Å². The van der Waals surface area contributed by atoms with E-state index in [2.05, 4.69) is 10.1 Å². The SMILES string of the molecule is COC(=O)CCC(=O)NCCc1cccc(F)c1. The van der Waals surface area contributed by atoms with E-state index in [1.54, 1.807) is 12.1 Å². The first-order chi connectivity index (χ1) is 8.61. The molecule has 0 saturated heterocycles. The fraction of sp³-hybridized carbons (Fsp3) is 0.385. The third-order valence-electron chi connectivity index (χ3n) is 2.41. The molecule has 0 aliphatic carbocycles. The van der Waals surface area contributed by atoms with Crippen molar-refractivity contribution in [1.82, 2.24) is 5.32 Å². The molecular weight excluding hydrogens is 237 g/mol. The maximum absolute atomic E-state index is 12.9. The molecule has 18 heavy (non-hydrogen) atoms. The lowest BCUT2D eigenvalue weighted by Crippen LogP contribution is -2.26. The Morgan fingerprint density at radius 1 is 1.33 bits per heavy atom. The summed E-state index contributed by atoms with van der Waals surface area (Å²) < 4.78 is 17.3. The number of nitrogens with one attached hydrogen (secondary N) is 1. The summed E-state index contributed by atoms with van der Waals surface area (Å²) in [6.45, 7) is 0.420. The van der Waals surface area contributed by atoms with E-state index in [9.17, 15) is 14.0 Å². The van der Waals surface area contributed by atoms with Crippen LogP contribution in [0.15, 0.2) is 24.3 Å². The third kappa shape index (κ3) is 5.43. The predicted octanol–water partition coefficient (Wildman–Crippen LogP) is 1.44. The summed E-state index contributed by atoms with van der Waals surface area (Å²) in [4.78, 5) is 22.1. The van der Waals surface area contributed by atoms with Crippen molar-refractivity contribution in [2.75, 3.05) is 13.7 Å². The van der Waals surface area contributed by atoms with Crippen molar-refractivity contribution in [3.05, 3.63) is 35.6 Å². The number of esters is 1. The summed E-state index contributed by atoms with van der Waals surface area (Å²) in [6.07, 6.45) is 0.736. The Hall–Kier alpha value is -1.91. The quantitative estimate of drug-likeness (QED) is 0.780. The minimum atomic E-state index is -0.407. The zero-order valence-corrected chi connectivity index (χ0v) is 10.2. The standard InChI is InChI=1S/C13H16FNO3/c1-18-13(17)6-5-12(16)15-8-7-10-3-2-4-11(14)9-10/h2-4,9H,5-8H2,1H3,(H,15,16). The van der Waals surface area contributed by atoms with Crippen molar-refractivity contribution in [2.45, 2.75) is 19.3 Å². The Bertz CT molecular complexity index is 420. The average molecular weight is 253 g/mol. The minimum absolute atomic E-state index is 0.0717. The van der Waals surface area contributed by atoms with Crippen molar-refractivity contribution in [3.63, 3.8) is 0 Å². The van der Waals surface area contributed by atoms with Crippen molar-refractivity contribution < 1.29 is 18.7 Å². The van der Waals surface area contributed by atoms with Gasteiger partial charge in [-0.3, -0.25) is 9.59 Å². The molecule has 0 saturated carbocycles. The zero-order chi connectivity index (χ0) is 13.4. The molecule has 4 nitrogen and oxygen atoms in total. The lowest BCUT2D eigenvalue weighted by molar-refractivity contribution is -0.142. The highest BCUT2D eigenvalue weighted by Gasteiger charge is 2.06. The Morgan fingerprint density at radius 3 is 2.78 bits per heavy atom. The summed E-state index contributed by atoms with van der Waals surface area (Å²) in [5.41, 5.74) is 0.822. The molecule has 0 bridgehead atoms. The third-order valence-corrected chi connectivity index (χ3v) is 2.41. The minimum Gasteiger partial charge on any atom is -0.469 e. The molecule has 1 rings (SSSR count). The van der Waals surface area contributed by atoms with Gasteiger partial charge in [-0.05, 0) is 24.1 Å². The highest BCUT2D eigenvalue weighted by molar-refractivity contribution is 5.81. The number of amides is 1. The van der Waals surface area contributed by atoms with Crippen molar-refractivity contribution >= 4 is 11.9 Å². The van der Waals surface area contributed by atoms with Crippen LogP contribution in [0.25, 0.3) is 0 Å². The fourth-order valence-electron chi connectivity index (χ4n) is 1.44. The van der Waals surface area contributed by atoms with Crippen molar-refractivity contribution in [1.29, 1.82) is 0 Å². The molecule has 98 valence electrons. The van der Waals surface area contributed by atoms with Crippen LogP contribution >= 0.6 is 0 Å². The van der Waals surface area contributed by atoms with Gasteiger partial charge in [-0.15, -0.1) is 0 Å². The number of carbonyl (C=O) groups excluding carboxylic acids is 2. The average Bonchev–Trinajstić information content (AvgIpc) is 2.36. The lowest BCUT2D eigenvalue weighted by Gasteiger charge is -2.05. The van der Waals surface area contributed by atoms with E-state index in [1.165, 1.54) is 19.2 Å². The molecule has 1 aromatic rings. The number of hydrogen-bond donors (Lipinski definition) is 1. The van der Waals surface area contributed by atoms with E-state index in [4.69, 9.17) is 0 Å². The van der Waals surface area contributed by atoms with Gasteiger partial charge in [-0.25, -0.2) is 4.39 Å². The van der Waals surface area contributed by atoms with E-state index < -0.39 is 5.97 Å². The smallest absolute Gasteiger partial charge is 0.306 e. The van der Waals surface area contributed by atoms with Crippen LogP contribution in [0.1, 0.15) is 18.4 Å². The number of hydrogen-bond acceptors (Lipinski definition) is 3. The maximum Gasteiger partial charge on any atom is 0.306 e. The number of ether oxygens (including phenoxy) is 1. The fourth-order valence-corrected chi connectivity index (χ4v) is 1.44. The topological polar surface area (TPSA) is 55.4 Å². The summed E-state index contributed by atoms with van der Waals surface area (Å²) in [7, 11) is 1.28. The largest absolute Gasteiger partial charge is 0.469 e. The second-order valence-corrected chi connectivity index (χ2v) is 3.81. The molecule has 0 atom stereocenters. The molecule has 5 heteroatoms. The molecule has 1 aromatic carbocycles. The summed E-state index contributed by atoms with van der Waals surface area (Å²) in [5, 5.41) is 2.66. The molecule has 1 N–H and O–H groups in total. The Morgan fingerprint density at radius 2 is 2.11 bits per heavy atom. The molecule has 0 aliphatic rings. The van der Waals surface area contributed by atoms with Crippen LogP contribution in [-0.4, -0.2) is 25.5 Å². The summed E-state index contributed by atoms with van der Waals surface area (Å²) >= 11 is 0. The van der Waals surface area contributed by atoms with Crippen LogP contribution in [0.4, 0.5) is 4.39 Å². The molecule has 0 radical (unpaired) electrons. The monoisotopic (exact) mass is 253 g/mol. The number of carbonyl (C=O) groups is 2. The number of methoxy groups -OCH3 is 1. The summed E-state index contributed by atoms with van der Waals surface area (Å²) in [6, 6.07) is 6.23. The Kier molecular flexibility index (Phi) is 5.84. The van der Waals surface area contributed by atoms with E-state index in [-0.39, 0.29) is 24.6 Å². The van der Waals surface area contributed by atoms with Gasteiger partial charge in [-0.1, -0.05) is 12.1 Å². The zero-order valence-electron chi connectivity index (χ0n) is 10.2. The maximum atomic E-state index is 12.9. The van der Waals surface area contributed by atoms with E-state index in [0.717, 1.165) is 5.56 Å². The lowest BCUT2D eigenvalue weighted by atomic mass is 10.1. The molecule has 1 amide bonds. The normalized spacial score (nSPS) is 9.89. The first kappa shape index (κ1) is 14.2. The number of halogens is 1. The van der Waals surface area contributed by atoms with Gasteiger partial charge in [0.25, 0.3) is 0 Å². The van der Waals surface area contributed by atoms with Crippen LogP contribution in [0.2, 0.25) is 0 Å². The van der Waals surface area contributed by atoms with Crippen LogP contribution in [0.5, 0.6) is 0 Å². The van der Waals surface area contributed by atoms with Gasteiger partial charge in [0.2, 0.25) is 5.91 Å². The molecule has 0 aromatic heterocycles. The van der Waals surface area contributed by atoms with E-state index >= 15 is 0 Å². The highest BCUT2D eigenvalue weighted by Crippen LogP contribution is 2.03. The van der Waals surface area contributed by atoms with Crippen LogP contribution in [0, 0.1) is 5.82 Å². The van der Waals surface area contributed by atoms with Crippen LogP contribution < -0.4 is 5.32 Å². The van der Waals surface area contributed by atoms with Gasteiger partial charge in [-0.2, -0.15) is 0 Å². The first-order valence-electron chi connectivity index (χ1n) is 5.70. The highest BCUT2D eigenvalue weighted by atomic mass is 19.1. The number of rotatable bonds is 6. The summed E-state index contributed by atoms with van der Waals surface area (Å²) in [5.74, 6) is -0.906. The predicted molar refractivity (Wildman–Crippen MR) is 64.4 cm³/mol. The van der Waals surface area contributed by atoms with Gasteiger partial charge in [0.05, 0.1) is 13.5 Å². The van der Waals surface area contributed by atoms with Gasteiger partial charge in [0.1, 0.15) is 5.82 Å². The van der Waals surface area contributed by atoms with Crippen molar-refractivity contribution in [3.8, 4) is 0 Å².